The van der Waals surface area contributed by atoms with Gasteiger partial charge < -0.3 is 14.6 Å². The fourth-order valence-corrected chi connectivity index (χ4v) is 3.10. The number of fused-ring (bicyclic) bond motifs is 1. The number of Topliss-reactive ketones (excluding diaryl/α,β-unsaturated/α-hetero) is 1. The minimum absolute atomic E-state index is 0.328. The van der Waals surface area contributed by atoms with Crippen LogP contribution >= 0.6 is 0 Å². The van der Waals surface area contributed by atoms with Crippen LogP contribution in [0.1, 0.15) is 18.4 Å². The zero-order valence-corrected chi connectivity index (χ0v) is 15.0. The van der Waals surface area contributed by atoms with Crippen LogP contribution in [-0.2, 0) is 19.1 Å². The minimum atomic E-state index is -1.53. The van der Waals surface area contributed by atoms with E-state index in [2.05, 4.69) is 4.74 Å². The van der Waals surface area contributed by atoms with Crippen LogP contribution in [0.15, 0.2) is 54.1 Å². The third-order valence-electron chi connectivity index (χ3n) is 4.29. The smallest absolute Gasteiger partial charge is 0.354 e. The van der Waals surface area contributed by atoms with Gasteiger partial charge in [-0.1, -0.05) is 42.5 Å². The topological polar surface area (TPSA) is 116 Å². The molecule has 1 N–H and O–H groups in total. The first-order valence-electron chi connectivity index (χ1n) is 8.00. The van der Waals surface area contributed by atoms with E-state index >= 15 is 0 Å². The Kier molecular flexibility index (Phi) is 6.12. The Morgan fingerprint density at radius 2 is 1.70 bits per heavy atom. The van der Waals surface area contributed by atoms with Gasteiger partial charge in [0.15, 0.2) is 0 Å². The van der Waals surface area contributed by atoms with Crippen LogP contribution in [0.3, 0.4) is 0 Å². The lowest BCUT2D eigenvalue weighted by Gasteiger charge is -2.23. The molecule has 0 bridgehead atoms. The number of nitro groups is 1. The van der Waals surface area contributed by atoms with E-state index in [-0.39, 0.29) is 0 Å². The SMILES string of the molecule is COC(=O)C(C(C)=O)C(C(=C(O)OC)[N+](=O)[O-])c1cccc2ccccc12. The van der Waals surface area contributed by atoms with Crippen molar-refractivity contribution in [3.63, 3.8) is 0 Å². The van der Waals surface area contributed by atoms with E-state index in [1.807, 2.05) is 0 Å². The number of nitrogens with zero attached hydrogens (tertiary/aromatic N) is 1. The van der Waals surface area contributed by atoms with Gasteiger partial charge in [0, 0.05) is 0 Å². The molecule has 0 radical (unpaired) electrons. The Hall–Kier alpha value is -3.42. The summed E-state index contributed by atoms with van der Waals surface area (Å²) in [6.45, 7) is 1.14. The maximum absolute atomic E-state index is 12.3. The van der Waals surface area contributed by atoms with Gasteiger partial charge in [0.1, 0.15) is 17.6 Å². The van der Waals surface area contributed by atoms with E-state index in [4.69, 9.17) is 4.74 Å². The first-order chi connectivity index (χ1) is 12.8. The maximum Gasteiger partial charge on any atom is 0.354 e. The van der Waals surface area contributed by atoms with Crippen LogP contribution in [0.5, 0.6) is 0 Å². The lowest BCUT2D eigenvalue weighted by Crippen LogP contribution is -2.33. The van der Waals surface area contributed by atoms with Gasteiger partial charge in [0.2, 0.25) is 0 Å². The monoisotopic (exact) mass is 373 g/mol. The molecule has 0 amide bonds. The van der Waals surface area contributed by atoms with E-state index in [0.717, 1.165) is 26.5 Å². The predicted octanol–water partition coefficient (Wildman–Crippen LogP) is 2.95. The average molecular weight is 373 g/mol. The van der Waals surface area contributed by atoms with Gasteiger partial charge in [-0.05, 0) is 23.3 Å². The van der Waals surface area contributed by atoms with Crippen molar-refractivity contribution in [3.05, 3.63) is 69.8 Å². The largest absolute Gasteiger partial charge is 0.476 e. The number of ether oxygens (including phenoxy) is 2. The van der Waals surface area contributed by atoms with Crippen LogP contribution < -0.4 is 0 Å². The summed E-state index contributed by atoms with van der Waals surface area (Å²) in [5.41, 5.74) is -0.464. The van der Waals surface area contributed by atoms with Crippen molar-refractivity contribution < 1.29 is 29.1 Å². The summed E-state index contributed by atoms with van der Waals surface area (Å²) >= 11 is 0. The molecule has 0 aliphatic carbocycles. The zero-order valence-electron chi connectivity index (χ0n) is 15.0. The second-order valence-corrected chi connectivity index (χ2v) is 5.81. The number of aliphatic hydroxyl groups excluding tert-OH is 1. The molecule has 0 aromatic heterocycles. The number of benzene rings is 2. The number of hydrogen-bond acceptors (Lipinski definition) is 7. The fourth-order valence-electron chi connectivity index (χ4n) is 3.10. The van der Waals surface area contributed by atoms with Crippen LogP contribution in [0.4, 0.5) is 0 Å². The van der Waals surface area contributed by atoms with E-state index in [1.165, 1.54) is 0 Å². The standard InChI is InChI=1S/C19H19NO7/c1-11(21)15(18(22)26-2)16(17(20(24)25)19(23)27-3)14-10-6-8-12-7-4-5-9-13(12)14/h4-10,15-16,23H,1-3H3. The Balaban J connectivity index is 2.90. The Morgan fingerprint density at radius 1 is 1.07 bits per heavy atom. The summed E-state index contributed by atoms with van der Waals surface area (Å²) in [5.74, 6) is -5.49. The number of methoxy groups -OCH3 is 2. The molecular weight excluding hydrogens is 354 g/mol. The van der Waals surface area contributed by atoms with Crippen molar-refractivity contribution >= 4 is 22.5 Å². The summed E-state index contributed by atoms with van der Waals surface area (Å²) in [4.78, 5) is 35.5. The summed E-state index contributed by atoms with van der Waals surface area (Å²) in [5, 5.41) is 23.1. The summed E-state index contributed by atoms with van der Waals surface area (Å²) in [6, 6.07) is 12.0. The third kappa shape index (κ3) is 3.89. The summed E-state index contributed by atoms with van der Waals surface area (Å²) < 4.78 is 9.37. The van der Waals surface area contributed by atoms with Crippen molar-refractivity contribution in [1.82, 2.24) is 0 Å². The minimum Gasteiger partial charge on any atom is -0.476 e. The van der Waals surface area contributed by atoms with Gasteiger partial charge in [-0.2, -0.15) is 0 Å². The Morgan fingerprint density at radius 3 is 2.26 bits per heavy atom. The number of aliphatic hydroxyl groups is 1. The molecule has 2 rings (SSSR count). The van der Waals surface area contributed by atoms with Gasteiger partial charge in [0.25, 0.3) is 0 Å². The van der Waals surface area contributed by atoms with E-state index in [0.29, 0.717) is 10.9 Å². The number of carbonyl (C=O) groups is 2. The number of rotatable bonds is 7. The first kappa shape index (κ1) is 19.9. The van der Waals surface area contributed by atoms with Gasteiger partial charge in [0.05, 0.1) is 19.1 Å². The quantitative estimate of drug-likeness (QED) is 0.261. The molecule has 0 aliphatic heterocycles. The second kappa shape index (κ2) is 8.31. The molecule has 0 spiro atoms. The normalized spacial score (nSPS) is 14.0. The fraction of sp³-hybridized carbons (Fsp3) is 0.263. The number of hydrogen-bond donors (Lipinski definition) is 1. The lowest BCUT2D eigenvalue weighted by molar-refractivity contribution is -0.436. The Bertz CT molecular complexity index is 914. The molecule has 142 valence electrons. The van der Waals surface area contributed by atoms with Crippen molar-refractivity contribution in [3.8, 4) is 0 Å². The Labute approximate surface area is 155 Å². The van der Waals surface area contributed by atoms with Crippen LogP contribution in [-0.4, -0.2) is 36.0 Å². The van der Waals surface area contributed by atoms with Crippen molar-refractivity contribution in [2.45, 2.75) is 12.8 Å². The van der Waals surface area contributed by atoms with Gasteiger partial charge in [-0.15, -0.1) is 0 Å². The van der Waals surface area contributed by atoms with Gasteiger partial charge in [-0.25, -0.2) is 0 Å². The van der Waals surface area contributed by atoms with Crippen LogP contribution in [0.25, 0.3) is 10.8 Å². The second-order valence-electron chi connectivity index (χ2n) is 5.81. The zero-order chi connectivity index (χ0) is 20.1. The third-order valence-corrected chi connectivity index (χ3v) is 4.29. The molecule has 0 saturated carbocycles. The van der Waals surface area contributed by atoms with Gasteiger partial charge in [-0.3, -0.25) is 19.7 Å². The molecule has 2 aromatic rings. The highest BCUT2D eigenvalue weighted by molar-refractivity contribution is 6.00. The number of ketones is 1. The van der Waals surface area contributed by atoms with E-state index in [1.54, 1.807) is 42.5 Å². The van der Waals surface area contributed by atoms with E-state index < -0.39 is 40.2 Å². The van der Waals surface area contributed by atoms with Crippen molar-refractivity contribution in [1.29, 1.82) is 0 Å². The predicted molar refractivity (Wildman–Crippen MR) is 96.5 cm³/mol. The number of esters is 1. The molecule has 0 aliphatic rings. The van der Waals surface area contributed by atoms with Gasteiger partial charge >= 0.3 is 17.6 Å². The molecule has 0 fully saturated rings. The molecule has 0 saturated heterocycles. The van der Waals surface area contributed by atoms with Crippen molar-refractivity contribution in [2.24, 2.45) is 5.92 Å². The average Bonchev–Trinajstić information content (AvgIpc) is 2.65. The molecule has 27 heavy (non-hydrogen) atoms. The number of allylic oxidation sites excluding steroid dienone is 1. The molecule has 2 atom stereocenters. The van der Waals surface area contributed by atoms with E-state index in [9.17, 15) is 24.8 Å². The summed E-state index contributed by atoms with van der Waals surface area (Å²) in [7, 11) is 2.14. The van der Waals surface area contributed by atoms with Crippen LogP contribution in [0, 0.1) is 16.0 Å². The molecular formula is C19H19NO7. The molecule has 2 unspecified atom stereocenters. The molecule has 0 heterocycles. The maximum atomic E-state index is 12.3. The highest BCUT2D eigenvalue weighted by Crippen LogP contribution is 2.39. The molecule has 8 heteroatoms. The highest BCUT2D eigenvalue weighted by atomic mass is 16.6. The summed E-state index contributed by atoms with van der Waals surface area (Å²) in [6.07, 6.45) is 0. The lowest BCUT2D eigenvalue weighted by atomic mass is 9.79. The molecule has 8 nitrogen and oxygen atoms in total. The molecule has 2 aromatic carbocycles. The number of carbonyl (C=O) groups excluding carboxylic acids is 2. The highest BCUT2D eigenvalue weighted by Gasteiger charge is 2.45. The van der Waals surface area contributed by atoms with Crippen LogP contribution in [0.2, 0.25) is 0 Å². The first-order valence-corrected chi connectivity index (χ1v) is 8.00. The van der Waals surface area contributed by atoms with Crippen molar-refractivity contribution in [2.75, 3.05) is 14.2 Å².